The van der Waals surface area contributed by atoms with Crippen molar-refractivity contribution in [1.82, 2.24) is 4.98 Å². The molecule has 1 heterocycles. The van der Waals surface area contributed by atoms with Gasteiger partial charge < -0.3 is 4.98 Å². The van der Waals surface area contributed by atoms with Crippen LogP contribution < -0.4 is 0 Å². The smallest absolute Gasteiger partial charge is 0.0659 e. The average Bonchev–Trinajstić information content (AvgIpc) is 2.78. The van der Waals surface area contributed by atoms with Crippen molar-refractivity contribution >= 4 is 46.0 Å². The summed E-state index contributed by atoms with van der Waals surface area (Å²) in [6.07, 6.45) is 3.74. The lowest BCUT2D eigenvalue weighted by atomic mass is 10.2. The summed E-state index contributed by atoms with van der Waals surface area (Å²) in [4.78, 5) is 7.61. The van der Waals surface area contributed by atoms with Crippen LogP contribution in [0, 0.1) is 0 Å². The average molecular weight is 289 g/mol. The van der Waals surface area contributed by atoms with Gasteiger partial charge in [-0.2, -0.15) is 0 Å². The maximum Gasteiger partial charge on any atom is 0.0659 e. The van der Waals surface area contributed by atoms with Gasteiger partial charge in [-0.25, -0.2) is 0 Å². The summed E-state index contributed by atoms with van der Waals surface area (Å²) in [6.45, 7) is 0. The highest BCUT2D eigenvalue weighted by molar-refractivity contribution is 6.35. The minimum absolute atomic E-state index is 0.582. The number of aromatic nitrogens is 1. The molecular weight excluding hydrogens is 279 g/mol. The van der Waals surface area contributed by atoms with E-state index in [-0.39, 0.29) is 0 Å². The Bertz CT molecular complexity index is 739. The Morgan fingerprint density at radius 3 is 2.53 bits per heavy atom. The highest BCUT2D eigenvalue weighted by Crippen LogP contribution is 2.25. The van der Waals surface area contributed by atoms with Gasteiger partial charge in [-0.05, 0) is 24.3 Å². The van der Waals surface area contributed by atoms with Crippen molar-refractivity contribution in [1.29, 1.82) is 0 Å². The second-order valence-electron chi connectivity index (χ2n) is 4.18. The molecule has 0 bridgehead atoms. The molecule has 1 N–H and O–H groups in total. The maximum absolute atomic E-state index is 5.94. The normalized spacial score (nSPS) is 11.5. The minimum atomic E-state index is 0.582. The summed E-state index contributed by atoms with van der Waals surface area (Å²) < 4.78 is 0. The number of para-hydroxylation sites is 1. The molecule has 0 unspecified atom stereocenters. The molecule has 19 heavy (non-hydrogen) atoms. The molecule has 0 radical (unpaired) electrons. The Hall–Kier alpha value is -1.77. The molecule has 0 saturated carbocycles. The van der Waals surface area contributed by atoms with E-state index in [9.17, 15) is 0 Å². The number of nitrogens with zero attached hydrogens (tertiary/aromatic N) is 1. The van der Waals surface area contributed by atoms with Crippen LogP contribution in [-0.4, -0.2) is 11.2 Å². The molecule has 0 aliphatic carbocycles. The number of hydrogen-bond donors (Lipinski definition) is 1. The lowest BCUT2D eigenvalue weighted by molar-refractivity contribution is 1.47. The van der Waals surface area contributed by atoms with Crippen LogP contribution in [0.25, 0.3) is 10.9 Å². The molecule has 2 nitrogen and oxygen atoms in total. The predicted octanol–water partition coefficient (Wildman–Crippen LogP) is 5.23. The number of benzene rings is 2. The zero-order chi connectivity index (χ0) is 13.2. The number of rotatable bonds is 2. The first-order valence-corrected chi connectivity index (χ1v) is 6.54. The Balaban J connectivity index is 1.98. The Morgan fingerprint density at radius 2 is 1.74 bits per heavy atom. The molecule has 94 valence electrons. The Morgan fingerprint density at radius 1 is 1.00 bits per heavy atom. The molecule has 0 aliphatic rings. The van der Waals surface area contributed by atoms with Gasteiger partial charge in [-0.3, -0.25) is 4.99 Å². The zero-order valence-corrected chi connectivity index (χ0v) is 11.4. The van der Waals surface area contributed by atoms with E-state index in [4.69, 9.17) is 23.2 Å². The van der Waals surface area contributed by atoms with Crippen LogP contribution in [0.5, 0.6) is 0 Å². The number of hydrogen-bond acceptors (Lipinski definition) is 1. The van der Waals surface area contributed by atoms with Gasteiger partial charge in [0.15, 0.2) is 0 Å². The fourth-order valence-electron chi connectivity index (χ4n) is 1.96. The summed E-state index contributed by atoms with van der Waals surface area (Å²) in [6, 6.07) is 13.3. The van der Waals surface area contributed by atoms with Crippen molar-refractivity contribution < 1.29 is 0 Å². The summed E-state index contributed by atoms with van der Waals surface area (Å²) in [5.74, 6) is 0. The van der Waals surface area contributed by atoms with Crippen LogP contribution in [0.3, 0.4) is 0 Å². The molecule has 0 spiro atoms. The van der Waals surface area contributed by atoms with E-state index >= 15 is 0 Å². The molecular formula is C15H10Cl2N2. The van der Waals surface area contributed by atoms with Crippen LogP contribution in [0.4, 0.5) is 5.69 Å². The molecule has 2 aromatic carbocycles. The number of nitrogens with one attached hydrogen (secondary N) is 1. The Labute approximate surface area is 120 Å². The monoisotopic (exact) mass is 288 g/mol. The van der Waals surface area contributed by atoms with Crippen molar-refractivity contribution in [3.8, 4) is 0 Å². The quantitative estimate of drug-likeness (QED) is 0.626. The van der Waals surface area contributed by atoms with Gasteiger partial charge >= 0.3 is 0 Å². The van der Waals surface area contributed by atoms with Crippen molar-refractivity contribution in [3.63, 3.8) is 0 Å². The van der Waals surface area contributed by atoms with Crippen LogP contribution in [0.1, 0.15) is 5.56 Å². The van der Waals surface area contributed by atoms with Crippen LogP contribution in [-0.2, 0) is 0 Å². The summed E-state index contributed by atoms with van der Waals surface area (Å²) in [5.41, 5.74) is 2.86. The molecule has 4 heteroatoms. The van der Waals surface area contributed by atoms with Crippen LogP contribution in [0.2, 0.25) is 10.0 Å². The largest absolute Gasteiger partial charge is 0.361 e. The van der Waals surface area contributed by atoms with E-state index in [2.05, 4.69) is 16.0 Å². The summed E-state index contributed by atoms with van der Waals surface area (Å²) in [5, 5.41) is 2.30. The molecule has 0 saturated heterocycles. The molecule has 0 aliphatic heterocycles. The van der Waals surface area contributed by atoms with E-state index in [1.807, 2.05) is 24.4 Å². The number of H-pyrrole nitrogens is 1. The molecule has 0 fully saturated rings. The number of aromatic amines is 1. The first-order valence-electron chi connectivity index (χ1n) is 5.79. The number of aliphatic imine (C=N–C) groups is 1. The van der Waals surface area contributed by atoms with E-state index in [1.54, 1.807) is 24.4 Å². The van der Waals surface area contributed by atoms with E-state index < -0.39 is 0 Å². The summed E-state index contributed by atoms with van der Waals surface area (Å²) in [7, 11) is 0. The van der Waals surface area contributed by atoms with Gasteiger partial charge in [-0.15, -0.1) is 0 Å². The van der Waals surface area contributed by atoms with Crippen molar-refractivity contribution in [2.24, 2.45) is 4.99 Å². The second kappa shape index (κ2) is 5.08. The van der Waals surface area contributed by atoms with E-state index in [0.717, 1.165) is 22.2 Å². The van der Waals surface area contributed by atoms with Gasteiger partial charge in [0.25, 0.3) is 0 Å². The van der Waals surface area contributed by atoms with E-state index in [0.29, 0.717) is 10.0 Å². The van der Waals surface area contributed by atoms with Crippen LogP contribution in [0.15, 0.2) is 53.7 Å². The lowest BCUT2D eigenvalue weighted by Crippen LogP contribution is -1.77. The van der Waals surface area contributed by atoms with Gasteiger partial charge in [-0.1, -0.05) is 41.4 Å². The molecule has 1 aromatic heterocycles. The molecule has 0 amide bonds. The second-order valence-corrected chi connectivity index (χ2v) is 5.05. The third-order valence-corrected chi connectivity index (χ3v) is 3.26. The van der Waals surface area contributed by atoms with Crippen molar-refractivity contribution in [2.45, 2.75) is 0 Å². The number of fused-ring (bicyclic) bond motifs is 1. The first kappa shape index (κ1) is 12.3. The maximum atomic E-state index is 5.94. The molecule has 3 aromatic rings. The fraction of sp³-hybridized carbons (Fsp3) is 0. The van der Waals surface area contributed by atoms with E-state index in [1.165, 1.54) is 0 Å². The third-order valence-electron chi connectivity index (χ3n) is 2.82. The molecule has 3 rings (SSSR count). The Kier molecular flexibility index (Phi) is 3.28. The van der Waals surface area contributed by atoms with Crippen molar-refractivity contribution in [3.05, 3.63) is 64.3 Å². The van der Waals surface area contributed by atoms with Gasteiger partial charge in [0.1, 0.15) is 0 Å². The topological polar surface area (TPSA) is 28.1 Å². The summed E-state index contributed by atoms with van der Waals surface area (Å²) >= 11 is 11.9. The third kappa shape index (κ3) is 2.65. The lowest BCUT2D eigenvalue weighted by Gasteiger charge is -1.96. The standard InChI is InChI=1S/C15H10Cl2N2/c16-11-5-12(17)7-13(6-11)18-8-10-9-19-15-4-2-1-3-14(10)15/h1-9,19H. The SMILES string of the molecule is Clc1cc(Cl)cc(N=Cc2c[nH]c3ccccc23)c1. The van der Waals surface area contributed by atoms with Crippen LogP contribution >= 0.6 is 23.2 Å². The highest BCUT2D eigenvalue weighted by Gasteiger charge is 2.00. The van der Waals surface area contributed by atoms with Crippen molar-refractivity contribution in [2.75, 3.05) is 0 Å². The van der Waals surface area contributed by atoms with Gasteiger partial charge in [0.2, 0.25) is 0 Å². The number of halogens is 2. The highest BCUT2D eigenvalue weighted by atomic mass is 35.5. The minimum Gasteiger partial charge on any atom is -0.361 e. The predicted molar refractivity (Wildman–Crippen MR) is 82.0 cm³/mol. The molecule has 0 atom stereocenters. The first-order chi connectivity index (χ1) is 9.22. The van der Waals surface area contributed by atoms with Gasteiger partial charge in [0.05, 0.1) is 5.69 Å². The van der Waals surface area contributed by atoms with Gasteiger partial charge in [0, 0.05) is 38.9 Å². The fourth-order valence-corrected chi connectivity index (χ4v) is 2.47. The zero-order valence-electron chi connectivity index (χ0n) is 9.90.